The van der Waals surface area contributed by atoms with Crippen LogP contribution in [0.3, 0.4) is 0 Å². The van der Waals surface area contributed by atoms with Gasteiger partial charge in [0.1, 0.15) is 0 Å². The fourth-order valence-corrected chi connectivity index (χ4v) is 2.39. The van der Waals surface area contributed by atoms with Crippen molar-refractivity contribution in [2.75, 3.05) is 7.11 Å². The second kappa shape index (κ2) is 70.6. The van der Waals surface area contributed by atoms with Crippen LogP contribution < -0.4 is 67.7 Å². The molecule has 0 aromatic rings. The Morgan fingerprint density at radius 3 is 0.933 bits per heavy atom. The van der Waals surface area contributed by atoms with Crippen LogP contribution >= 0.6 is 0 Å². The highest BCUT2D eigenvalue weighted by Gasteiger charge is 1.99. The van der Waals surface area contributed by atoms with E-state index in [1.165, 1.54) is 84.2 Å². The summed E-state index contributed by atoms with van der Waals surface area (Å²) in [4.78, 5) is 10.9. The van der Waals surface area contributed by atoms with Crippen LogP contribution in [0, 0.1) is 0 Å². The minimum Gasteiger partial charge on any atom is -0.469 e. The van der Waals surface area contributed by atoms with Crippen LogP contribution in [0.1, 0.15) is 96.8 Å². The number of esters is 1. The third-order valence-corrected chi connectivity index (χ3v) is 3.71. The van der Waals surface area contributed by atoms with E-state index in [-0.39, 0.29) is 73.6 Å². The SMILES string of the molecule is CCCCCCCCCCCCCCCC(=O)OC.N.N.N.N.N.N.N.N.N.N.N. The summed E-state index contributed by atoms with van der Waals surface area (Å²) in [5.74, 6) is -0.0666. The maximum Gasteiger partial charge on any atom is 0.305 e. The highest BCUT2D eigenvalue weighted by Crippen LogP contribution is 2.12. The molecule has 0 aliphatic rings. The minimum atomic E-state index is -0.0666. The molecule has 0 amide bonds. The van der Waals surface area contributed by atoms with Crippen molar-refractivity contribution in [3.05, 3.63) is 0 Å². The lowest BCUT2D eigenvalue weighted by atomic mass is 10.0. The predicted molar refractivity (Wildman–Crippen MR) is 138 cm³/mol. The molecule has 30 heavy (non-hydrogen) atoms. The Balaban J connectivity index is -0.0000000295. The van der Waals surface area contributed by atoms with Gasteiger partial charge in [0.2, 0.25) is 0 Å². The summed E-state index contributed by atoms with van der Waals surface area (Å²) in [6.07, 6.45) is 18.0. The van der Waals surface area contributed by atoms with Gasteiger partial charge < -0.3 is 72.4 Å². The molecule has 13 heteroatoms. The molecule has 0 radical (unpaired) electrons. The molecule has 0 fully saturated rings. The lowest BCUT2D eigenvalue weighted by Gasteiger charge is -2.03. The third-order valence-electron chi connectivity index (χ3n) is 3.71. The summed E-state index contributed by atoms with van der Waals surface area (Å²) in [6, 6.07) is 0. The Morgan fingerprint density at radius 2 is 0.700 bits per heavy atom. The Bertz CT molecular complexity index is 218. The standard InChI is InChI=1S/C17H34O2.11H3N/c1-3-4-5-6-7-8-9-10-11-12-13-14-15-16-17(18)19-2;;;;;;;;;;;/h3-16H2,1-2H3;11*1H3. The van der Waals surface area contributed by atoms with Crippen LogP contribution in [0.15, 0.2) is 0 Å². The minimum absolute atomic E-state index is 0. The maximum absolute atomic E-state index is 10.9. The van der Waals surface area contributed by atoms with Gasteiger partial charge in [-0.05, 0) is 6.42 Å². The van der Waals surface area contributed by atoms with Crippen molar-refractivity contribution in [1.82, 2.24) is 67.7 Å². The first-order chi connectivity index (χ1) is 9.31. The van der Waals surface area contributed by atoms with Gasteiger partial charge in [0.25, 0.3) is 0 Å². The van der Waals surface area contributed by atoms with Crippen LogP contribution in [0.2, 0.25) is 0 Å². The summed E-state index contributed by atoms with van der Waals surface area (Å²) in [7, 11) is 1.46. The molecule has 0 saturated carbocycles. The van der Waals surface area contributed by atoms with Crippen molar-refractivity contribution >= 4 is 5.97 Å². The van der Waals surface area contributed by atoms with Gasteiger partial charge in [-0.15, -0.1) is 0 Å². The van der Waals surface area contributed by atoms with Gasteiger partial charge in [-0.3, -0.25) is 4.79 Å². The second-order valence-corrected chi connectivity index (χ2v) is 5.57. The van der Waals surface area contributed by atoms with Gasteiger partial charge in [0, 0.05) is 6.42 Å². The zero-order chi connectivity index (χ0) is 14.2. The molecule has 0 aromatic heterocycles. The molecule has 0 atom stereocenters. The summed E-state index contributed by atoms with van der Waals surface area (Å²) < 4.78 is 4.62. The highest BCUT2D eigenvalue weighted by atomic mass is 16.5. The first-order valence-corrected chi connectivity index (χ1v) is 8.38. The van der Waals surface area contributed by atoms with Crippen LogP contribution in [0.25, 0.3) is 0 Å². The van der Waals surface area contributed by atoms with E-state index in [1.807, 2.05) is 0 Å². The number of unbranched alkanes of at least 4 members (excludes halogenated alkanes) is 12. The first kappa shape index (κ1) is 78.6. The quantitative estimate of drug-likeness (QED) is 0.0891. The molecule has 0 unspecified atom stereocenters. The van der Waals surface area contributed by atoms with E-state index >= 15 is 0 Å². The molecule has 0 rings (SSSR count). The Kier molecular flexibility index (Phi) is 185. The summed E-state index contributed by atoms with van der Waals surface area (Å²) in [5, 5.41) is 0. The maximum atomic E-state index is 10.9. The second-order valence-electron chi connectivity index (χ2n) is 5.57. The molecular formula is C17H67N11O2. The fourth-order valence-electron chi connectivity index (χ4n) is 2.39. The van der Waals surface area contributed by atoms with Gasteiger partial charge in [0.15, 0.2) is 0 Å². The third kappa shape index (κ3) is 71.3. The Hall–Kier alpha value is -0.970. The van der Waals surface area contributed by atoms with Crippen molar-refractivity contribution < 1.29 is 9.53 Å². The van der Waals surface area contributed by atoms with Gasteiger partial charge in [-0.25, -0.2) is 0 Å². The molecule has 0 bridgehead atoms. The number of rotatable bonds is 14. The molecule has 0 aromatic carbocycles. The molecule has 0 saturated heterocycles. The Morgan fingerprint density at radius 1 is 0.467 bits per heavy atom. The number of carbonyl (C=O) groups is 1. The summed E-state index contributed by atoms with van der Waals surface area (Å²) in [5.41, 5.74) is 0. The average molecular weight is 458 g/mol. The van der Waals surface area contributed by atoms with E-state index < -0.39 is 0 Å². The van der Waals surface area contributed by atoms with Gasteiger partial charge in [-0.2, -0.15) is 0 Å². The fraction of sp³-hybridized carbons (Fsp3) is 0.941. The molecule has 0 spiro atoms. The van der Waals surface area contributed by atoms with Crippen molar-refractivity contribution in [2.45, 2.75) is 96.8 Å². The summed E-state index contributed by atoms with van der Waals surface area (Å²) >= 11 is 0. The largest absolute Gasteiger partial charge is 0.469 e. The lowest BCUT2D eigenvalue weighted by Crippen LogP contribution is -1.99. The van der Waals surface area contributed by atoms with Crippen molar-refractivity contribution in [3.8, 4) is 0 Å². The number of ether oxygens (including phenoxy) is 1. The van der Waals surface area contributed by atoms with Crippen molar-refractivity contribution in [3.63, 3.8) is 0 Å². The van der Waals surface area contributed by atoms with Crippen LogP contribution in [0.5, 0.6) is 0 Å². The zero-order valence-electron chi connectivity index (χ0n) is 21.0. The van der Waals surface area contributed by atoms with Gasteiger partial charge >= 0.3 is 5.97 Å². The molecule has 33 N–H and O–H groups in total. The number of carbonyl (C=O) groups excluding carboxylic acids is 1. The topological polar surface area (TPSA) is 411 Å². The van der Waals surface area contributed by atoms with Gasteiger partial charge in [-0.1, -0.05) is 84.0 Å². The number of methoxy groups -OCH3 is 1. The number of hydrogen-bond acceptors (Lipinski definition) is 13. The molecule has 0 heterocycles. The van der Waals surface area contributed by atoms with Gasteiger partial charge in [0.05, 0.1) is 7.11 Å². The van der Waals surface area contributed by atoms with Crippen molar-refractivity contribution in [1.29, 1.82) is 0 Å². The average Bonchev–Trinajstić information content (AvgIpc) is 2.43. The summed E-state index contributed by atoms with van der Waals surface area (Å²) in [6.45, 7) is 2.27. The van der Waals surface area contributed by atoms with E-state index in [0.717, 1.165) is 6.42 Å². The lowest BCUT2D eigenvalue weighted by molar-refractivity contribution is -0.140. The van der Waals surface area contributed by atoms with E-state index in [0.29, 0.717) is 6.42 Å². The smallest absolute Gasteiger partial charge is 0.305 e. The molecule has 0 aliphatic carbocycles. The molecule has 13 nitrogen and oxygen atoms in total. The monoisotopic (exact) mass is 458 g/mol. The highest BCUT2D eigenvalue weighted by molar-refractivity contribution is 5.68. The molecular weight excluding hydrogens is 390 g/mol. The predicted octanol–water partition coefficient (Wildman–Crippen LogP) is 7.42. The molecule has 202 valence electrons. The van der Waals surface area contributed by atoms with E-state index in [2.05, 4.69) is 11.7 Å². The van der Waals surface area contributed by atoms with E-state index in [9.17, 15) is 4.79 Å². The number of hydrogen-bond donors (Lipinski definition) is 11. The van der Waals surface area contributed by atoms with E-state index in [4.69, 9.17) is 0 Å². The van der Waals surface area contributed by atoms with Crippen LogP contribution in [-0.4, -0.2) is 13.1 Å². The van der Waals surface area contributed by atoms with E-state index in [1.54, 1.807) is 0 Å². The van der Waals surface area contributed by atoms with Crippen molar-refractivity contribution in [2.24, 2.45) is 0 Å². The van der Waals surface area contributed by atoms with Crippen LogP contribution in [0.4, 0.5) is 0 Å². The molecule has 0 aliphatic heterocycles. The van der Waals surface area contributed by atoms with Crippen LogP contribution in [-0.2, 0) is 9.53 Å². The zero-order valence-corrected chi connectivity index (χ0v) is 21.0. The first-order valence-electron chi connectivity index (χ1n) is 8.38. The normalized spacial score (nSPS) is 6.73. The Labute approximate surface area is 187 Å².